The Kier molecular flexibility index (Phi) is 6.83. The minimum atomic E-state index is -0.373. The Balaban J connectivity index is 1.33. The molecule has 28 heavy (non-hydrogen) atoms. The SMILES string of the molecule is Cc1nc(CN2CCN(C(=O)CNC(=O)NCc3ccc(Cl)cc3)CC2)n[nH]1. The summed E-state index contributed by atoms with van der Waals surface area (Å²) in [6.45, 7) is 5.63. The second-order valence-corrected chi connectivity index (χ2v) is 7.09. The summed E-state index contributed by atoms with van der Waals surface area (Å²) in [5, 5.41) is 13.0. The van der Waals surface area contributed by atoms with E-state index in [0.29, 0.717) is 31.2 Å². The van der Waals surface area contributed by atoms with Crippen LogP contribution >= 0.6 is 11.6 Å². The van der Waals surface area contributed by atoms with Gasteiger partial charge in [0.2, 0.25) is 5.91 Å². The lowest BCUT2D eigenvalue weighted by molar-refractivity contribution is -0.131. The highest BCUT2D eigenvalue weighted by molar-refractivity contribution is 6.30. The third kappa shape index (κ3) is 5.93. The van der Waals surface area contributed by atoms with Gasteiger partial charge in [-0.15, -0.1) is 0 Å². The second-order valence-electron chi connectivity index (χ2n) is 6.66. The summed E-state index contributed by atoms with van der Waals surface area (Å²) in [7, 11) is 0. The summed E-state index contributed by atoms with van der Waals surface area (Å²) in [5.41, 5.74) is 0.934. The number of aryl methyl sites for hydroxylation is 1. The molecule has 0 radical (unpaired) electrons. The molecule has 1 aliphatic heterocycles. The number of rotatable bonds is 6. The molecule has 2 aromatic rings. The summed E-state index contributed by atoms with van der Waals surface area (Å²) < 4.78 is 0. The van der Waals surface area contributed by atoms with Gasteiger partial charge in [0, 0.05) is 37.7 Å². The Morgan fingerprint density at radius 3 is 2.50 bits per heavy atom. The lowest BCUT2D eigenvalue weighted by atomic mass is 10.2. The number of hydrogen-bond acceptors (Lipinski definition) is 5. The van der Waals surface area contributed by atoms with Crippen LogP contribution in [0.3, 0.4) is 0 Å². The van der Waals surface area contributed by atoms with E-state index in [1.807, 2.05) is 19.1 Å². The Hall–Kier alpha value is -2.65. The largest absolute Gasteiger partial charge is 0.339 e. The Morgan fingerprint density at radius 2 is 1.86 bits per heavy atom. The molecule has 1 saturated heterocycles. The molecule has 9 nitrogen and oxygen atoms in total. The third-order valence-corrected chi connectivity index (χ3v) is 4.75. The van der Waals surface area contributed by atoms with E-state index in [2.05, 4.69) is 30.7 Å². The van der Waals surface area contributed by atoms with Gasteiger partial charge in [-0.2, -0.15) is 5.10 Å². The van der Waals surface area contributed by atoms with Crippen LogP contribution in [0, 0.1) is 6.92 Å². The van der Waals surface area contributed by atoms with E-state index in [-0.39, 0.29) is 18.5 Å². The molecule has 0 aliphatic carbocycles. The molecule has 1 aromatic heterocycles. The topological polar surface area (TPSA) is 106 Å². The summed E-state index contributed by atoms with van der Waals surface area (Å²) in [6, 6.07) is 6.84. The van der Waals surface area contributed by atoms with E-state index >= 15 is 0 Å². The van der Waals surface area contributed by atoms with Crippen LogP contribution in [0.5, 0.6) is 0 Å². The van der Waals surface area contributed by atoms with Gasteiger partial charge in [0.25, 0.3) is 0 Å². The summed E-state index contributed by atoms with van der Waals surface area (Å²) in [6.07, 6.45) is 0. The van der Waals surface area contributed by atoms with Gasteiger partial charge in [0.15, 0.2) is 5.82 Å². The number of amides is 3. The average molecular weight is 406 g/mol. The van der Waals surface area contributed by atoms with Gasteiger partial charge >= 0.3 is 6.03 Å². The van der Waals surface area contributed by atoms with E-state index in [9.17, 15) is 9.59 Å². The number of halogens is 1. The van der Waals surface area contributed by atoms with Crippen molar-refractivity contribution < 1.29 is 9.59 Å². The van der Waals surface area contributed by atoms with Crippen molar-refractivity contribution in [2.45, 2.75) is 20.0 Å². The number of aromatic nitrogens is 3. The Bertz CT molecular complexity index is 801. The predicted octanol–water partition coefficient (Wildman–Crippen LogP) is 0.910. The average Bonchev–Trinajstić information content (AvgIpc) is 3.11. The molecular weight excluding hydrogens is 382 g/mol. The fourth-order valence-electron chi connectivity index (χ4n) is 2.93. The molecule has 0 unspecified atom stereocenters. The van der Waals surface area contributed by atoms with Crippen molar-refractivity contribution in [2.24, 2.45) is 0 Å². The van der Waals surface area contributed by atoms with E-state index in [0.717, 1.165) is 30.3 Å². The monoisotopic (exact) mass is 405 g/mol. The maximum atomic E-state index is 12.3. The zero-order valence-corrected chi connectivity index (χ0v) is 16.5. The van der Waals surface area contributed by atoms with Gasteiger partial charge in [-0.3, -0.25) is 14.8 Å². The highest BCUT2D eigenvalue weighted by Gasteiger charge is 2.22. The van der Waals surface area contributed by atoms with Crippen LogP contribution in [0.2, 0.25) is 5.02 Å². The fraction of sp³-hybridized carbons (Fsp3) is 0.444. The van der Waals surface area contributed by atoms with Crippen molar-refractivity contribution in [3.63, 3.8) is 0 Å². The van der Waals surface area contributed by atoms with Crippen LogP contribution in [0.1, 0.15) is 17.2 Å². The number of nitrogens with zero attached hydrogens (tertiary/aromatic N) is 4. The van der Waals surface area contributed by atoms with Crippen molar-refractivity contribution in [3.8, 4) is 0 Å². The van der Waals surface area contributed by atoms with Crippen molar-refractivity contribution in [1.82, 2.24) is 35.6 Å². The predicted molar refractivity (Wildman–Crippen MR) is 105 cm³/mol. The number of urea groups is 1. The zero-order valence-electron chi connectivity index (χ0n) is 15.7. The summed E-state index contributed by atoms with van der Waals surface area (Å²) in [4.78, 5) is 32.5. The number of H-pyrrole nitrogens is 1. The number of carbonyl (C=O) groups excluding carboxylic acids is 2. The number of benzene rings is 1. The van der Waals surface area contributed by atoms with E-state index in [4.69, 9.17) is 11.6 Å². The Morgan fingerprint density at radius 1 is 1.14 bits per heavy atom. The van der Waals surface area contributed by atoms with Crippen LogP contribution in [0.4, 0.5) is 4.79 Å². The van der Waals surface area contributed by atoms with E-state index in [1.54, 1.807) is 17.0 Å². The second kappa shape index (κ2) is 9.52. The quantitative estimate of drug-likeness (QED) is 0.662. The molecule has 3 amide bonds. The first-order chi connectivity index (χ1) is 13.5. The van der Waals surface area contributed by atoms with Crippen LogP contribution in [0.25, 0.3) is 0 Å². The first-order valence-electron chi connectivity index (χ1n) is 9.14. The van der Waals surface area contributed by atoms with Gasteiger partial charge in [-0.25, -0.2) is 9.78 Å². The number of piperazine rings is 1. The van der Waals surface area contributed by atoms with Gasteiger partial charge in [0.05, 0.1) is 13.1 Å². The first-order valence-corrected chi connectivity index (χ1v) is 9.51. The van der Waals surface area contributed by atoms with E-state index < -0.39 is 0 Å². The lowest BCUT2D eigenvalue weighted by Gasteiger charge is -2.34. The first kappa shape index (κ1) is 20.1. The molecule has 0 bridgehead atoms. The number of carbonyl (C=O) groups is 2. The van der Waals surface area contributed by atoms with Crippen molar-refractivity contribution in [2.75, 3.05) is 32.7 Å². The highest BCUT2D eigenvalue weighted by atomic mass is 35.5. The van der Waals surface area contributed by atoms with Crippen LogP contribution in [0.15, 0.2) is 24.3 Å². The summed E-state index contributed by atoms with van der Waals surface area (Å²) in [5.74, 6) is 1.47. The number of aromatic amines is 1. The minimum absolute atomic E-state index is 0.0213. The van der Waals surface area contributed by atoms with Crippen LogP contribution in [-0.2, 0) is 17.9 Å². The standard InChI is InChI=1S/C18H24ClN7O2/c1-13-22-16(24-23-13)12-25-6-8-26(9-7-25)17(27)11-21-18(28)20-10-14-2-4-15(19)5-3-14/h2-5H,6-12H2,1H3,(H2,20,21,28)(H,22,23,24). The zero-order chi connectivity index (χ0) is 19.9. The molecule has 10 heteroatoms. The van der Waals surface area contributed by atoms with Crippen LogP contribution in [-0.4, -0.2) is 69.6 Å². The highest BCUT2D eigenvalue weighted by Crippen LogP contribution is 2.09. The van der Waals surface area contributed by atoms with Crippen LogP contribution < -0.4 is 10.6 Å². The van der Waals surface area contributed by atoms with E-state index in [1.165, 1.54) is 0 Å². The summed E-state index contributed by atoms with van der Waals surface area (Å²) >= 11 is 5.83. The molecule has 3 N–H and O–H groups in total. The number of nitrogens with one attached hydrogen (secondary N) is 3. The molecule has 150 valence electrons. The molecule has 0 saturated carbocycles. The van der Waals surface area contributed by atoms with Gasteiger partial charge in [-0.05, 0) is 24.6 Å². The molecule has 1 aromatic carbocycles. The fourth-order valence-corrected chi connectivity index (χ4v) is 3.06. The van der Waals surface area contributed by atoms with Crippen molar-refractivity contribution in [1.29, 1.82) is 0 Å². The lowest BCUT2D eigenvalue weighted by Crippen LogP contribution is -2.51. The smallest absolute Gasteiger partial charge is 0.315 e. The molecule has 1 fully saturated rings. The molecule has 0 spiro atoms. The molecule has 1 aliphatic rings. The van der Waals surface area contributed by atoms with Gasteiger partial charge in [0.1, 0.15) is 5.82 Å². The van der Waals surface area contributed by atoms with Gasteiger partial charge in [-0.1, -0.05) is 23.7 Å². The molecular formula is C18H24ClN7O2. The molecule has 2 heterocycles. The van der Waals surface area contributed by atoms with Crippen molar-refractivity contribution >= 4 is 23.5 Å². The third-order valence-electron chi connectivity index (χ3n) is 4.50. The maximum absolute atomic E-state index is 12.3. The van der Waals surface area contributed by atoms with Gasteiger partial charge < -0.3 is 15.5 Å². The number of hydrogen-bond donors (Lipinski definition) is 3. The minimum Gasteiger partial charge on any atom is -0.339 e. The molecule has 0 atom stereocenters. The normalized spacial score (nSPS) is 14.7. The van der Waals surface area contributed by atoms with Crippen molar-refractivity contribution in [3.05, 3.63) is 46.5 Å². The molecule has 3 rings (SSSR count). The maximum Gasteiger partial charge on any atom is 0.315 e. The Labute approximate surface area is 168 Å².